The van der Waals surface area contributed by atoms with Gasteiger partial charge in [-0.25, -0.2) is 0 Å². The minimum atomic E-state index is -2.60. The quantitative estimate of drug-likeness (QED) is 0.382. The first-order chi connectivity index (χ1) is 1.73. The van der Waals surface area contributed by atoms with Gasteiger partial charge in [0.15, 0.2) is 0 Å². The van der Waals surface area contributed by atoms with Crippen LogP contribution in [0, 0.1) is 10.8 Å². The van der Waals surface area contributed by atoms with Gasteiger partial charge in [-0.3, -0.25) is 0 Å². The monoisotopic (exact) mass is 174 g/mol. The standard InChI is InChI=1S/ClHO3.Sr.2H/c2-1(3)4;;;/h2H;;;. The molecule has 0 fully saturated rings. The van der Waals surface area contributed by atoms with E-state index in [9.17, 15) is 0 Å². The van der Waals surface area contributed by atoms with E-state index in [2.05, 4.69) is 0 Å². The molecule has 3 nitrogen and oxygen atoms in total. The van der Waals surface area contributed by atoms with E-state index in [0.717, 1.165) is 0 Å². The summed E-state index contributed by atoms with van der Waals surface area (Å²) in [6.07, 6.45) is 0. The Hall–Kier alpha value is 1.65. The van der Waals surface area contributed by atoms with Gasteiger partial charge in [0.25, 0.3) is 10.8 Å². The summed E-state index contributed by atoms with van der Waals surface area (Å²) in [5.74, 6) is 0. The van der Waals surface area contributed by atoms with E-state index in [0.29, 0.717) is 0 Å². The molecule has 0 heterocycles. The third-order valence-electron chi connectivity index (χ3n) is 0. The van der Waals surface area contributed by atoms with Crippen LogP contribution in [0.3, 0.4) is 0 Å². The molecule has 0 aromatic carbocycles. The fourth-order valence-corrected chi connectivity index (χ4v) is 0. The molecule has 5 heteroatoms. The SMILES string of the molecule is [O-][Cl+2]([O-])O.[SrH2]. The fraction of sp³-hybridized carbons (Fsp3) is 0. The van der Waals surface area contributed by atoms with E-state index in [1.165, 1.54) is 0 Å². The van der Waals surface area contributed by atoms with Gasteiger partial charge < -0.3 is 9.32 Å². The fourth-order valence-electron chi connectivity index (χ4n) is 0. The molecule has 0 amide bonds. The summed E-state index contributed by atoms with van der Waals surface area (Å²) in [6, 6.07) is 0. The van der Waals surface area contributed by atoms with Crippen molar-refractivity contribution in [3.8, 4) is 0 Å². The maximum atomic E-state index is 8.52. The van der Waals surface area contributed by atoms with E-state index < -0.39 is 10.8 Å². The van der Waals surface area contributed by atoms with Gasteiger partial charge in [-0.2, -0.15) is 0 Å². The van der Waals surface area contributed by atoms with Crippen LogP contribution in [-0.4, -0.2) is 50.1 Å². The van der Waals surface area contributed by atoms with Crippen LogP contribution in [0.1, 0.15) is 0 Å². The molecule has 1 N–H and O–H groups in total. The predicted molar refractivity (Wildman–Crippen MR) is 10.8 cm³/mol. The van der Waals surface area contributed by atoms with Crippen LogP contribution in [-0.2, 0) is 0 Å². The van der Waals surface area contributed by atoms with Crippen molar-refractivity contribution in [3.63, 3.8) is 0 Å². The molecule has 0 bridgehead atoms. The first-order valence-corrected chi connectivity index (χ1v) is 1.43. The second kappa shape index (κ2) is 5.65. The Morgan fingerprint density at radius 1 is 1.40 bits per heavy atom. The Balaban J connectivity index is 0. The molecular weight excluding hydrogens is 171 g/mol. The van der Waals surface area contributed by atoms with Gasteiger partial charge in [0.2, 0.25) is 0 Å². The molecule has 0 spiro atoms. The Bertz CT molecular complexity index is 11.6. The topological polar surface area (TPSA) is 66.3 Å². The van der Waals surface area contributed by atoms with Crippen LogP contribution >= 0.6 is 0 Å². The number of hydrogen-bond acceptors (Lipinski definition) is 3. The molecule has 30 valence electrons. The van der Waals surface area contributed by atoms with Crippen LogP contribution in [0.15, 0.2) is 0 Å². The Morgan fingerprint density at radius 3 is 1.40 bits per heavy atom. The summed E-state index contributed by atoms with van der Waals surface area (Å²) in [5.41, 5.74) is 0. The van der Waals surface area contributed by atoms with Crippen molar-refractivity contribution in [1.29, 1.82) is 0 Å². The molecule has 0 saturated heterocycles. The van der Waals surface area contributed by atoms with Gasteiger partial charge in [0, 0.05) is 4.66 Å². The second-order valence-electron chi connectivity index (χ2n) is 0.201. The van der Waals surface area contributed by atoms with E-state index in [1.807, 2.05) is 0 Å². The average Bonchev–Trinajstić information content (AvgIpc) is 0.811. The molecule has 5 heavy (non-hydrogen) atoms. The van der Waals surface area contributed by atoms with Crippen LogP contribution in [0.5, 0.6) is 0 Å². The summed E-state index contributed by atoms with van der Waals surface area (Å²) in [7, 11) is -2.60. The predicted octanol–water partition coefficient (Wildman–Crippen LogP) is -3.85. The summed E-state index contributed by atoms with van der Waals surface area (Å²) >= 11 is 0. The third kappa shape index (κ3) is 27.6. The Morgan fingerprint density at radius 2 is 1.40 bits per heavy atom. The van der Waals surface area contributed by atoms with Crippen molar-refractivity contribution in [2.45, 2.75) is 0 Å². The number of rotatable bonds is 0. The molecule has 0 aromatic heterocycles. The van der Waals surface area contributed by atoms with E-state index in [-0.39, 0.29) is 45.5 Å². The molecule has 0 radical (unpaired) electrons. The van der Waals surface area contributed by atoms with Crippen LogP contribution in [0.4, 0.5) is 0 Å². The molecular formula is H3ClO3Sr. The zero-order chi connectivity index (χ0) is 3.58. The molecule has 0 rings (SSSR count). The number of hydrogen-bond donors (Lipinski definition) is 1. The van der Waals surface area contributed by atoms with E-state index >= 15 is 0 Å². The van der Waals surface area contributed by atoms with E-state index in [4.69, 9.17) is 14.0 Å². The average molecular weight is 174 g/mol. The first-order valence-electron chi connectivity index (χ1n) is 0.478. The Labute approximate surface area is 69.3 Å². The van der Waals surface area contributed by atoms with Crippen molar-refractivity contribution in [2.75, 3.05) is 0 Å². The van der Waals surface area contributed by atoms with Crippen molar-refractivity contribution in [1.82, 2.24) is 0 Å². The van der Waals surface area contributed by atoms with Gasteiger partial charge in [-0.15, -0.1) is 0 Å². The molecule has 0 aliphatic carbocycles. The second-order valence-corrected chi connectivity index (χ2v) is 0.603. The van der Waals surface area contributed by atoms with Crippen molar-refractivity contribution in [3.05, 3.63) is 0 Å². The van der Waals surface area contributed by atoms with Crippen LogP contribution in [0.2, 0.25) is 0 Å². The summed E-state index contributed by atoms with van der Waals surface area (Å²) in [4.78, 5) is 0. The van der Waals surface area contributed by atoms with Crippen LogP contribution in [0.25, 0.3) is 0 Å². The molecule has 0 aliphatic heterocycles. The molecule has 0 atom stereocenters. The zero-order valence-corrected chi connectivity index (χ0v) is 2.40. The third-order valence-corrected chi connectivity index (χ3v) is 0. The minimum absolute atomic E-state index is 0. The molecule has 0 saturated carbocycles. The van der Waals surface area contributed by atoms with Crippen molar-refractivity contribution >= 4 is 45.5 Å². The van der Waals surface area contributed by atoms with Gasteiger partial charge in [-0.1, -0.05) is 0 Å². The van der Waals surface area contributed by atoms with Crippen LogP contribution < -0.4 is 9.32 Å². The van der Waals surface area contributed by atoms with Gasteiger partial charge in [0.1, 0.15) is 0 Å². The van der Waals surface area contributed by atoms with Gasteiger partial charge >= 0.3 is 45.5 Å². The van der Waals surface area contributed by atoms with Gasteiger partial charge in [0.05, 0.1) is 0 Å². The Kier molecular flexibility index (Phi) is 11.1. The normalized spacial score (nSPS) is 7.20. The summed E-state index contributed by atoms with van der Waals surface area (Å²) < 4.78 is 24.0. The summed E-state index contributed by atoms with van der Waals surface area (Å²) in [6.45, 7) is 0. The summed E-state index contributed by atoms with van der Waals surface area (Å²) in [5, 5.41) is 0. The maximum absolute atomic E-state index is 8.52. The molecule has 0 unspecified atom stereocenters. The number of halogens is 1. The molecule has 0 aliphatic rings. The van der Waals surface area contributed by atoms with Crippen molar-refractivity contribution in [2.24, 2.45) is 0 Å². The molecule has 0 aromatic rings. The first kappa shape index (κ1) is 9.82. The zero-order valence-electron chi connectivity index (χ0n) is 1.64. The van der Waals surface area contributed by atoms with Gasteiger partial charge in [-0.05, 0) is 0 Å². The van der Waals surface area contributed by atoms with E-state index in [1.54, 1.807) is 0 Å². The van der Waals surface area contributed by atoms with Crippen molar-refractivity contribution < 1.29 is 24.8 Å².